The number of aryl methyl sites for hydroxylation is 3. The Kier molecular flexibility index (Phi) is 5.38. The maximum absolute atomic E-state index is 12.1. The minimum atomic E-state index is -0.0770. The van der Waals surface area contributed by atoms with Crippen LogP contribution >= 0.6 is 0 Å². The van der Waals surface area contributed by atoms with Crippen LogP contribution < -0.4 is 16.4 Å². The van der Waals surface area contributed by atoms with Gasteiger partial charge in [0.2, 0.25) is 0 Å². The Morgan fingerprint density at radius 3 is 2.83 bits per heavy atom. The molecule has 2 amide bonds. The molecule has 1 fully saturated rings. The number of nitrogens with two attached hydrogens (primary N) is 1. The van der Waals surface area contributed by atoms with Gasteiger partial charge >= 0.3 is 6.03 Å². The number of anilines is 1. The summed E-state index contributed by atoms with van der Waals surface area (Å²) in [6.07, 6.45) is 4.69. The fourth-order valence-corrected chi connectivity index (χ4v) is 3.87. The van der Waals surface area contributed by atoms with E-state index in [4.69, 9.17) is 5.73 Å². The molecule has 2 heterocycles. The Bertz CT molecular complexity index is 1010. The number of rotatable bonds is 7. The van der Waals surface area contributed by atoms with E-state index >= 15 is 0 Å². The highest BCUT2D eigenvalue weighted by Gasteiger charge is 2.39. The minimum absolute atomic E-state index is 0.0770. The maximum Gasteiger partial charge on any atom is 0.315 e. The largest absolute Gasteiger partial charge is 0.382 e. The summed E-state index contributed by atoms with van der Waals surface area (Å²) >= 11 is 0. The SMILES string of the molecule is Cc1nc(N)c2ncn(CCCCNC(=O)NC3CC3c3ccccc3)c2c1C. The highest BCUT2D eigenvalue weighted by molar-refractivity contribution is 5.88. The first-order chi connectivity index (χ1) is 14.0. The van der Waals surface area contributed by atoms with Crippen LogP contribution in [0.1, 0.15) is 42.0 Å². The fourth-order valence-electron chi connectivity index (χ4n) is 3.87. The average Bonchev–Trinajstić information content (AvgIpc) is 3.34. The molecule has 29 heavy (non-hydrogen) atoms. The van der Waals surface area contributed by atoms with Crippen molar-refractivity contribution in [3.8, 4) is 0 Å². The van der Waals surface area contributed by atoms with Gasteiger partial charge in [-0.05, 0) is 44.2 Å². The molecule has 1 aliphatic carbocycles. The molecule has 0 saturated heterocycles. The molecule has 2 aromatic heterocycles. The van der Waals surface area contributed by atoms with E-state index in [0.29, 0.717) is 18.3 Å². The number of imidazole rings is 1. The first-order valence-corrected chi connectivity index (χ1v) is 10.2. The van der Waals surface area contributed by atoms with Gasteiger partial charge in [0, 0.05) is 30.7 Å². The third-order valence-corrected chi connectivity index (χ3v) is 5.71. The summed E-state index contributed by atoms with van der Waals surface area (Å²) in [6, 6.07) is 10.5. The van der Waals surface area contributed by atoms with Gasteiger partial charge in [0.05, 0.1) is 11.8 Å². The molecule has 0 spiro atoms. The number of unbranched alkanes of at least 4 members (excludes halogenated alkanes) is 1. The van der Waals surface area contributed by atoms with Crippen LogP contribution in [0.5, 0.6) is 0 Å². The third kappa shape index (κ3) is 4.18. The molecular formula is C22H28N6O. The topological polar surface area (TPSA) is 97.9 Å². The molecule has 4 rings (SSSR count). The lowest BCUT2D eigenvalue weighted by atomic mass is 10.1. The second-order valence-corrected chi connectivity index (χ2v) is 7.81. The van der Waals surface area contributed by atoms with E-state index < -0.39 is 0 Å². The summed E-state index contributed by atoms with van der Waals surface area (Å²) in [5.74, 6) is 0.930. The second kappa shape index (κ2) is 8.11. The molecule has 152 valence electrons. The number of carbonyl (C=O) groups is 1. The number of carbonyl (C=O) groups excluding carboxylic acids is 1. The van der Waals surface area contributed by atoms with Gasteiger partial charge in [-0.15, -0.1) is 0 Å². The fraction of sp³-hybridized carbons (Fsp3) is 0.409. The summed E-state index contributed by atoms with van der Waals surface area (Å²) in [5.41, 5.74) is 11.2. The van der Waals surface area contributed by atoms with Gasteiger partial charge in [0.15, 0.2) is 5.82 Å². The third-order valence-electron chi connectivity index (χ3n) is 5.71. The summed E-state index contributed by atoms with van der Waals surface area (Å²) in [5, 5.41) is 6.03. The maximum atomic E-state index is 12.1. The number of hydrogen-bond donors (Lipinski definition) is 3. The van der Waals surface area contributed by atoms with Crippen LogP contribution in [0.2, 0.25) is 0 Å². The Morgan fingerprint density at radius 1 is 1.24 bits per heavy atom. The molecule has 1 aliphatic rings. The highest BCUT2D eigenvalue weighted by Crippen LogP contribution is 2.40. The van der Waals surface area contributed by atoms with Crippen LogP contribution in [-0.4, -0.2) is 33.2 Å². The standard InChI is InChI=1S/C22H28N6O/c1-14-15(2)26-21(23)19-20(14)28(13-25-19)11-7-6-10-24-22(29)27-18-12-17(18)16-8-4-3-5-9-16/h3-5,8-9,13,17-18H,6-7,10-12H2,1-2H3,(H2,23,26)(H2,24,27,29). The van der Waals surface area contributed by atoms with Crippen molar-refractivity contribution in [1.82, 2.24) is 25.2 Å². The molecular weight excluding hydrogens is 364 g/mol. The van der Waals surface area contributed by atoms with Gasteiger partial charge < -0.3 is 20.9 Å². The van der Waals surface area contributed by atoms with Gasteiger partial charge in [0.1, 0.15) is 5.52 Å². The van der Waals surface area contributed by atoms with Crippen LogP contribution in [0.4, 0.5) is 10.6 Å². The first kappa shape index (κ1) is 19.2. The van der Waals surface area contributed by atoms with Crippen LogP contribution in [0.15, 0.2) is 36.7 Å². The number of aromatic nitrogens is 3. The normalized spacial score (nSPS) is 18.0. The average molecular weight is 393 g/mol. The minimum Gasteiger partial charge on any atom is -0.382 e. The number of benzene rings is 1. The van der Waals surface area contributed by atoms with Crippen LogP contribution in [-0.2, 0) is 6.54 Å². The van der Waals surface area contributed by atoms with Crippen molar-refractivity contribution in [3.05, 3.63) is 53.5 Å². The molecule has 1 aromatic carbocycles. The number of pyridine rings is 1. The van der Waals surface area contributed by atoms with Crippen LogP contribution in [0, 0.1) is 13.8 Å². The number of fused-ring (bicyclic) bond motifs is 1. The van der Waals surface area contributed by atoms with Gasteiger partial charge in [0.25, 0.3) is 0 Å². The van der Waals surface area contributed by atoms with Crippen molar-refractivity contribution in [3.63, 3.8) is 0 Å². The van der Waals surface area contributed by atoms with Gasteiger partial charge in [-0.25, -0.2) is 14.8 Å². The zero-order chi connectivity index (χ0) is 20.4. The van der Waals surface area contributed by atoms with E-state index in [0.717, 1.165) is 48.1 Å². The molecule has 2 unspecified atom stereocenters. The lowest BCUT2D eigenvalue weighted by Crippen LogP contribution is -2.37. The van der Waals surface area contributed by atoms with E-state index in [-0.39, 0.29) is 12.1 Å². The summed E-state index contributed by atoms with van der Waals surface area (Å²) in [7, 11) is 0. The Hall–Kier alpha value is -3.09. The molecule has 4 N–H and O–H groups in total. The zero-order valence-corrected chi connectivity index (χ0v) is 17.0. The number of nitrogens with one attached hydrogen (secondary N) is 2. The quantitative estimate of drug-likeness (QED) is 0.538. The lowest BCUT2D eigenvalue weighted by Gasteiger charge is -2.10. The van der Waals surface area contributed by atoms with E-state index in [1.165, 1.54) is 5.56 Å². The van der Waals surface area contributed by atoms with E-state index in [1.807, 2.05) is 31.5 Å². The van der Waals surface area contributed by atoms with E-state index in [9.17, 15) is 4.79 Å². The predicted molar refractivity (Wildman–Crippen MR) is 115 cm³/mol. The number of hydrogen-bond acceptors (Lipinski definition) is 4. The Morgan fingerprint density at radius 2 is 2.03 bits per heavy atom. The van der Waals surface area contributed by atoms with Gasteiger partial charge in [-0.1, -0.05) is 30.3 Å². The number of urea groups is 1. The molecule has 1 saturated carbocycles. The smallest absolute Gasteiger partial charge is 0.315 e. The highest BCUT2D eigenvalue weighted by atomic mass is 16.2. The number of nitrogens with zero attached hydrogens (tertiary/aromatic N) is 3. The lowest BCUT2D eigenvalue weighted by molar-refractivity contribution is 0.240. The van der Waals surface area contributed by atoms with Crippen molar-refractivity contribution in [2.75, 3.05) is 12.3 Å². The second-order valence-electron chi connectivity index (χ2n) is 7.81. The molecule has 0 radical (unpaired) electrons. The van der Waals surface area contributed by atoms with Crippen molar-refractivity contribution < 1.29 is 4.79 Å². The summed E-state index contributed by atoms with van der Waals surface area (Å²) in [4.78, 5) is 20.9. The van der Waals surface area contributed by atoms with Crippen molar-refractivity contribution >= 4 is 22.9 Å². The van der Waals surface area contributed by atoms with Crippen molar-refractivity contribution in [2.24, 2.45) is 0 Å². The van der Waals surface area contributed by atoms with Gasteiger partial charge in [-0.3, -0.25) is 0 Å². The van der Waals surface area contributed by atoms with E-state index in [2.05, 4.69) is 44.2 Å². The number of nitrogen functional groups attached to an aromatic ring is 1. The van der Waals surface area contributed by atoms with Gasteiger partial charge in [-0.2, -0.15) is 0 Å². The Balaban J connectivity index is 1.20. The summed E-state index contributed by atoms with van der Waals surface area (Å²) < 4.78 is 2.13. The molecule has 0 bridgehead atoms. The molecule has 7 nitrogen and oxygen atoms in total. The van der Waals surface area contributed by atoms with Crippen LogP contribution in [0.3, 0.4) is 0 Å². The summed E-state index contributed by atoms with van der Waals surface area (Å²) in [6.45, 7) is 5.51. The number of amides is 2. The predicted octanol–water partition coefficient (Wildman–Crippen LogP) is 3.27. The van der Waals surface area contributed by atoms with Crippen molar-refractivity contribution in [2.45, 2.75) is 51.6 Å². The zero-order valence-electron chi connectivity index (χ0n) is 17.0. The Labute approximate surface area is 170 Å². The van der Waals surface area contributed by atoms with Crippen molar-refractivity contribution in [1.29, 1.82) is 0 Å². The molecule has 2 atom stereocenters. The molecule has 3 aromatic rings. The van der Waals surface area contributed by atoms with E-state index in [1.54, 1.807) is 0 Å². The monoisotopic (exact) mass is 392 g/mol. The molecule has 0 aliphatic heterocycles. The van der Waals surface area contributed by atoms with Crippen LogP contribution in [0.25, 0.3) is 11.0 Å². The molecule has 7 heteroatoms. The first-order valence-electron chi connectivity index (χ1n) is 10.2.